The number of rotatable bonds is 4. The smallest absolute Gasteiger partial charge is 0.0702 e. The number of aliphatic hydroxyl groups is 1. The minimum atomic E-state index is 0.109. The summed E-state index contributed by atoms with van der Waals surface area (Å²) in [4.78, 5) is 2.47. The van der Waals surface area contributed by atoms with Crippen molar-refractivity contribution in [1.29, 1.82) is 0 Å². The fourth-order valence-electron chi connectivity index (χ4n) is 2.98. The van der Waals surface area contributed by atoms with Crippen LogP contribution in [0.3, 0.4) is 0 Å². The molecule has 0 amide bonds. The first-order valence-electron chi connectivity index (χ1n) is 6.92. The molecule has 0 atom stereocenters. The maximum Gasteiger partial charge on any atom is 0.0702 e. The van der Waals surface area contributed by atoms with Gasteiger partial charge in [-0.15, -0.1) is 0 Å². The highest BCUT2D eigenvalue weighted by molar-refractivity contribution is 9.10. The zero-order valence-electron chi connectivity index (χ0n) is 11.0. The number of anilines is 1. The van der Waals surface area contributed by atoms with Crippen LogP contribution in [0, 0.1) is 0 Å². The van der Waals surface area contributed by atoms with Crippen LogP contribution in [-0.4, -0.2) is 17.7 Å². The van der Waals surface area contributed by atoms with Gasteiger partial charge in [0.15, 0.2) is 0 Å². The summed E-state index contributed by atoms with van der Waals surface area (Å²) in [6.45, 7) is 3.33. The lowest BCUT2D eigenvalue weighted by Crippen LogP contribution is -2.37. The molecular formula is C15H22BrNO. The molecule has 0 bridgehead atoms. The molecule has 1 aromatic carbocycles. The van der Waals surface area contributed by atoms with E-state index in [1.54, 1.807) is 0 Å². The summed E-state index contributed by atoms with van der Waals surface area (Å²) in [6.07, 6.45) is 6.63. The van der Waals surface area contributed by atoms with Crippen molar-refractivity contribution in [1.82, 2.24) is 0 Å². The van der Waals surface area contributed by atoms with Gasteiger partial charge in [0.2, 0.25) is 0 Å². The number of aliphatic hydroxyl groups excluding tert-OH is 1. The largest absolute Gasteiger partial charge is 0.392 e. The van der Waals surface area contributed by atoms with Crippen molar-refractivity contribution in [3.63, 3.8) is 0 Å². The van der Waals surface area contributed by atoms with Crippen molar-refractivity contribution in [3.05, 3.63) is 28.2 Å². The molecule has 1 aromatic rings. The van der Waals surface area contributed by atoms with Crippen LogP contribution in [0.2, 0.25) is 0 Å². The SMILES string of the molecule is CCN(c1ccc(Br)cc1CO)C1CCCCC1. The summed E-state index contributed by atoms with van der Waals surface area (Å²) in [7, 11) is 0. The van der Waals surface area contributed by atoms with Gasteiger partial charge < -0.3 is 10.0 Å². The molecule has 1 saturated carbocycles. The van der Waals surface area contributed by atoms with Gasteiger partial charge in [-0.25, -0.2) is 0 Å². The average molecular weight is 312 g/mol. The van der Waals surface area contributed by atoms with E-state index in [1.807, 2.05) is 6.07 Å². The second-order valence-corrected chi connectivity index (χ2v) is 5.92. The Morgan fingerprint density at radius 3 is 2.61 bits per heavy atom. The van der Waals surface area contributed by atoms with Crippen LogP contribution in [0.4, 0.5) is 5.69 Å². The van der Waals surface area contributed by atoms with Gasteiger partial charge in [-0.05, 0) is 38.0 Å². The monoisotopic (exact) mass is 311 g/mol. The first-order chi connectivity index (χ1) is 8.76. The molecule has 2 nitrogen and oxygen atoms in total. The molecule has 0 radical (unpaired) electrons. The molecule has 0 aromatic heterocycles. The van der Waals surface area contributed by atoms with Crippen molar-refractivity contribution in [2.45, 2.75) is 51.7 Å². The van der Waals surface area contributed by atoms with Gasteiger partial charge >= 0.3 is 0 Å². The highest BCUT2D eigenvalue weighted by Gasteiger charge is 2.21. The Labute approximate surface area is 118 Å². The van der Waals surface area contributed by atoms with Crippen molar-refractivity contribution < 1.29 is 5.11 Å². The van der Waals surface area contributed by atoms with E-state index >= 15 is 0 Å². The van der Waals surface area contributed by atoms with Crippen molar-refractivity contribution >= 4 is 21.6 Å². The average Bonchev–Trinajstić information content (AvgIpc) is 2.42. The molecule has 0 heterocycles. The van der Waals surface area contributed by atoms with E-state index in [1.165, 1.54) is 37.8 Å². The molecule has 1 N–H and O–H groups in total. The molecule has 100 valence electrons. The standard InChI is InChI=1S/C15H22BrNO/c1-2-17(14-6-4-3-5-7-14)15-9-8-13(16)10-12(15)11-18/h8-10,14,18H,2-7,11H2,1H3. The Morgan fingerprint density at radius 1 is 1.28 bits per heavy atom. The Morgan fingerprint density at radius 2 is 2.00 bits per heavy atom. The highest BCUT2D eigenvalue weighted by Crippen LogP contribution is 2.31. The van der Waals surface area contributed by atoms with Gasteiger partial charge in [0.1, 0.15) is 0 Å². The van der Waals surface area contributed by atoms with Crippen molar-refractivity contribution in [2.24, 2.45) is 0 Å². The van der Waals surface area contributed by atoms with Gasteiger partial charge in [0.05, 0.1) is 6.61 Å². The first kappa shape index (κ1) is 13.9. The molecule has 0 unspecified atom stereocenters. The number of hydrogen-bond donors (Lipinski definition) is 1. The van der Waals surface area contributed by atoms with Crippen LogP contribution >= 0.6 is 15.9 Å². The number of halogens is 1. The lowest BCUT2D eigenvalue weighted by Gasteiger charge is -2.36. The topological polar surface area (TPSA) is 23.5 Å². The third-order valence-corrected chi connectivity index (χ3v) is 4.37. The van der Waals surface area contributed by atoms with Crippen LogP contribution in [0.25, 0.3) is 0 Å². The third kappa shape index (κ3) is 3.07. The van der Waals surface area contributed by atoms with Gasteiger partial charge in [-0.2, -0.15) is 0 Å². The van der Waals surface area contributed by atoms with Gasteiger partial charge in [-0.3, -0.25) is 0 Å². The minimum Gasteiger partial charge on any atom is -0.392 e. The van der Waals surface area contributed by atoms with E-state index in [4.69, 9.17) is 0 Å². The molecule has 18 heavy (non-hydrogen) atoms. The summed E-state index contributed by atoms with van der Waals surface area (Å²) in [5.41, 5.74) is 2.23. The van der Waals surface area contributed by atoms with Crippen LogP contribution in [-0.2, 0) is 6.61 Å². The number of benzene rings is 1. The van der Waals surface area contributed by atoms with Crippen LogP contribution in [0.5, 0.6) is 0 Å². The molecule has 2 rings (SSSR count). The van der Waals surface area contributed by atoms with Gasteiger partial charge in [-0.1, -0.05) is 35.2 Å². The molecular weight excluding hydrogens is 290 g/mol. The van der Waals surface area contributed by atoms with E-state index in [0.717, 1.165) is 16.6 Å². The second-order valence-electron chi connectivity index (χ2n) is 5.01. The van der Waals surface area contributed by atoms with E-state index in [9.17, 15) is 5.11 Å². The lowest BCUT2D eigenvalue weighted by atomic mass is 9.93. The zero-order valence-corrected chi connectivity index (χ0v) is 12.6. The first-order valence-corrected chi connectivity index (χ1v) is 7.71. The van der Waals surface area contributed by atoms with Crippen molar-refractivity contribution in [2.75, 3.05) is 11.4 Å². The highest BCUT2D eigenvalue weighted by atomic mass is 79.9. The zero-order chi connectivity index (χ0) is 13.0. The normalized spacial score (nSPS) is 16.8. The number of hydrogen-bond acceptors (Lipinski definition) is 2. The molecule has 1 fully saturated rings. The van der Waals surface area contributed by atoms with E-state index in [0.29, 0.717) is 6.04 Å². The van der Waals surface area contributed by atoms with E-state index < -0.39 is 0 Å². The van der Waals surface area contributed by atoms with Crippen molar-refractivity contribution in [3.8, 4) is 0 Å². The lowest BCUT2D eigenvalue weighted by molar-refractivity contribution is 0.281. The van der Waals surface area contributed by atoms with Gasteiger partial charge in [0.25, 0.3) is 0 Å². The quantitative estimate of drug-likeness (QED) is 0.905. The van der Waals surface area contributed by atoms with E-state index in [2.05, 4.69) is 39.9 Å². The molecule has 1 aliphatic carbocycles. The summed E-state index contributed by atoms with van der Waals surface area (Å²) < 4.78 is 1.04. The Kier molecular flexibility index (Phi) is 5.07. The maximum atomic E-state index is 9.54. The molecule has 0 aliphatic heterocycles. The summed E-state index contributed by atoms with van der Waals surface area (Å²) in [6, 6.07) is 6.88. The number of nitrogens with zero attached hydrogens (tertiary/aromatic N) is 1. The second kappa shape index (κ2) is 6.58. The molecule has 0 spiro atoms. The predicted octanol–water partition coefficient (Wildman–Crippen LogP) is 4.10. The summed E-state index contributed by atoms with van der Waals surface area (Å²) in [5.74, 6) is 0. The minimum absolute atomic E-state index is 0.109. The van der Waals surface area contributed by atoms with Crippen LogP contribution < -0.4 is 4.90 Å². The molecule has 0 saturated heterocycles. The predicted molar refractivity (Wildman–Crippen MR) is 80.0 cm³/mol. The van der Waals surface area contributed by atoms with Gasteiger partial charge in [0, 0.05) is 28.3 Å². The third-order valence-electron chi connectivity index (χ3n) is 3.88. The van der Waals surface area contributed by atoms with E-state index in [-0.39, 0.29) is 6.61 Å². The molecule has 1 aliphatic rings. The maximum absolute atomic E-state index is 9.54. The van der Waals surface area contributed by atoms with Crippen LogP contribution in [0.15, 0.2) is 22.7 Å². The van der Waals surface area contributed by atoms with Crippen LogP contribution in [0.1, 0.15) is 44.6 Å². The Bertz CT molecular complexity index is 388. The fourth-order valence-corrected chi connectivity index (χ4v) is 3.39. The summed E-state index contributed by atoms with van der Waals surface area (Å²) in [5, 5.41) is 9.54. The molecule has 3 heteroatoms. The Hall–Kier alpha value is -0.540. The summed E-state index contributed by atoms with van der Waals surface area (Å²) >= 11 is 3.47. The fraction of sp³-hybridized carbons (Fsp3) is 0.600. The Balaban J connectivity index is 2.25.